The molecule has 1 aliphatic heterocycles. The summed E-state index contributed by atoms with van der Waals surface area (Å²) in [4.78, 5) is 20.3. The molecule has 1 heterocycles. The second kappa shape index (κ2) is 12.1. The van der Waals surface area contributed by atoms with E-state index in [0.29, 0.717) is 0 Å². The zero-order valence-electron chi connectivity index (χ0n) is 16.3. The predicted molar refractivity (Wildman–Crippen MR) is 119 cm³/mol. The fourth-order valence-corrected chi connectivity index (χ4v) is 3.08. The van der Waals surface area contributed by atoms with E-state index in [1.807, 2.05) is 0 Å². The molecule has 0 atom stereocenters. The molecule has 1 aromatic carbocycles. The molecule has 0 bridgehead atoms. The van der Waals surface area contributed by atoms with Gasteiger partial charge in [0.1, 0.15) is 6.54 Å². The number of hydrogen-bond acceptors (Lipinski definition) is 2. The lowest BCUT2D eigenvalue weighted by molar-refractivity contribution is -0.127. The standard InChI is InChI=1S/C20H32N4O.HI/c1-4-12-21-20(22-16-19(25)23(2)3)24-13-10-18(11-14-24)15-17-8-6-5-7-9-17;/h5-9,18H,4,10-16H2,1-3H3,(H,21,22);1H. The maximum absolute atomic E-state index is 11.8. The van der Waals surface area contributed by atoms with Crippen LogP contribution in [0.15, 0.2) is 35.3 Å². The Morgan fingerprint density at radius 2 is 1.88 bits per heavy atom. The summed E-state index contributed by atoms with van der Waals surface area (Å²) in [5, 5.41) is 3.40. The first-order chi connectivity index (χ1) is 12.1. The number of amides is 1. The van der Waals surface area contributed by atoms with Crippen molar-refractivity contribution >= 4 is 35.8 Å². The van der Waals surface area contributed by atoms with Crippen LogP contribution in [0, 0.1) is 5.92 Å². The van der Waals surface area contributed by atoms with Gasteiger partial charge >= 0.3 is 0 Å². The topological polar surface area (TPSA) is 47.9 Å². The predicted octanol–water partition coefficient (Wildman–Crippen LogP) is 3.00. The van der Waals surface area contributed by atoms with E-state index >= 15 is 0 Å². The van der Waals surface area contributed by atoms with E-state index in [0.717, 1.165) is 44.4 Å². The molecule has 1 amide bonds. The van der Waals surface area contributed by atoms with Crippen LogP contribution >= 0.6 is 24.0 Å². The summed E-state index contributed by atoms with van der Waals surface area (Å²) in [6.07, 6.45) is 4.54. The van der Waals surface area contributed by atoms with Crippen molar-refractivity contribution in [3.8, 4) is 0 Å². The lowest BCUT2D eigenvalue weighted by Gasteiger charge is -2.34. The van der Waals surface area contributed by atoms with E-state index in [2.05, 4.69) is 52.5 Å². The molecule has 1 saturated heterocycles. The van der Waals surface area contributed by atoms with Gasteiger partial charge in [0.25, 0.3) is 0 Å². The number of hydrogen-bond donors (Lipinski definition) is 1. The molecule has 0 aliphatic carbocycles. The molecular weight excluding hydrogens is 439 g/mol. The third-order valence-corrected chi connectivity index (χ3v) is 4.68. The molecule has 2 rings (SSSR count). The number of guanidine groups is 1. The average Bonchev–Trinajstić information content (AvgIpc) is 2.63. The minimum Gasteiger partial charge on any atom is -0.356 e. The van der Waals surface area contributed by atoms with Gasteiger partial charge in [-0.1, -0.05) is 37.3 Å². The van der Waals surface area contributed by atoms with Gasteiger partial charge in [0, 0.05) is 33.7 Å². The zero-order valence-corrected chi connectivity index (χ0v) is 18.6. The van der Waals surface area contributed by atoms with Crippen LogP contribution < -0.4 is 5.32 Å². The van der Waals surface area contributed by atoms with Crippen molar-refractivity contribution in [2.75, 3.05) is 40.3 Å². The summed E-state index contributed by atoms with van der Waals surface area (Å²) in [6, 6.07) is 10.7. The number of likely N-dealkylation sites (tertiary alicyclic amines) is 1. The Balaban J connectivity index is 0.00000338. The zero-order chi connectivity index (χ0) is 18.1. The quantitative estimate of drug-likeness (QED) is 0.394. The molecule has 1 N–H and O–H groups in total. The fourth-order valence-electron chi connectivity index (χ4n) is 3.08. The van der Waals surface area contributed by atoms with Crippen LogP contribution in [0.2, 0.25) is 0 Å². The van der Waals surface area contributed by atoms with Crippen LogP contribution in [-0.4, -0.2) is 61.9 Å². The van der Waals surface area contributed by atoms with Gasteiger partial charge in [-0.3, -0.25) is 4.79 Å². The van der Waals surface area contributed by atoms with Gasteiger partial charge in [0.15, 0.2) is 5.96 Å². The second-order valence-corrected chi connectivity index (χ2v) is 6.97. The number of nitrogens with one attached hydrogen (secondary N) is 1. The molecule has 1 aliphatic rings. The van der Waals surface area contributed by atoms with Crippen molar-refractivity contribution in [2.24, 2.45) is 10.9 Å². The lowest BCUT2D eigenvalue weighted by atomic mass is 9.90. The third-order valence-electron chi connectivity index (χ3n) is 4.68. The molecule has 146 valence electrons. The Morgan fingerprint density at radius 1 is 1.23 bits per heavy atom. The normalized spacial score (nSPS) is 15.3. The number of nitrogens with zero attached hydrogens (tertiary/aromatic N) is 3. The van der Waals surface area contributed by atoms with Crippen molar-refractivity contribution in [2.45, 2.75) is 32.6 Å². The molecule has 1 aromatic rings. The summed E-state index contributed by atoms with van der Waals surface area (Å²) in [7, 11) is 3.54. The van der Waals surface area contributed by atoms with Crippen molar-refractivity contribution in [3.63, 3.8) is 0 Å². The number of rotatable bonds is 6. The van der Waals surface area contributed by atoms with E-state index in [9.17, 15) is 4.79 Å². The molecule has 0 radical (unpaired) electrons. The highest BCUT2D eigenvalue weighted by atomic mass is 127. The van der Waals surface area contributed by atoms with Crippen LogP contribution in [0.25, 0.3) is 0 Å². The number of carbonyl (C=O) groups excluding carboxylic acids is 1. The average molecular weight is 472 g/mol. The first-order valence-electron chi connectivity index (χ1n) is 9.37. The Labute approximate surface area is 175 Å². The summed E-state index contributed by atoms with van der Waals surface area (Å²) in [5.41, 5.74) is 1.43. The number of carbonyl (C=O) groups is 1. The number of halogens is 1. The SMILES string of the molecule is CCCNC(=NCC(=O)N(C)C)N1CCC(Cc2ccccc2)CC1.I. The smallest absolute Gasteiger partial charge is 0.243 e. The van der Waals surface area contributed by atoms with Crippen molar-refractivity contribution in [3.05, 3.63) is 35.9 Å². The monoisotopic (exact) mass is 472 g/mol. The Hall–Kier alpha value is -1.31. The van der Waals surface area contributed by atoms with Crippen LogP contribution in [0.4, 0.5) is 0 Å². The molecule has 0 saturated carbocycles. The van der Waals surface area contributed by atoms with E-state index in [4.69, 9.17) is 0 Å². The van der Waals surface area contributed by atoms with Crippen LogP contribution in [-0.2, 0) is 11.2 Å². The summed E-state index contributed by atoms with van der Waals surface area (Å²) >= 11 is 0. The minimum absolute atomic E-state index is 0. The summed E-state index contributed by atoms with van der Waals surface area (Å²) in [6.45, 7) is 5.25. The van der Waals surface area contributed by atoms with Gasteiger partial charge in [0.2, 0.25) is 5.91 Å². The Morgan fingerprint density at radius 3 is 2.46 bits per heavy atom. The first-order valence-corrected chi connectivity index (χ1v) is 9.37. The number of likely N-dealkylation sites (N-methyl/N-ethyl adjacent to an activating group) is 1. The molecule has 0 aromatic heterocycles. The molecule has 0 unspecified atom stereocenters. The summed E-state index contributed by atoms with van der Waals surface area (Å²) < 4.78 is 0. The Bertz CT molecular complexity index is 554. The van der Waals surface area contributed by atoms with Crippen LogP contribution in [0.3, 0.4) is 0 Å². The fraction of sp³-hybridized carbons (Fsp3) is 0.600. The maximum Gasteiger partial charge on any atom is 0.243 e. The van der Waals surface area contributed by atoms with E-state index in [1.54, 1.807) is 19.0 Å². The van der Waals surface area contributed by atoms with Gasteiger partial charge in [-0.25, -0.2) is 4.99 Å². The molecule has 5 nitrogen and oxygen atoms in total. The van der Waals surface area contributed by atoms with Gasteiger partial charge in [-0.05, 0) is 37.2 Å². The molecule has 6 heteroatoms. The first kappa shape index (κ1) is 22.7. The maximum atomic E-state index is 11.8. The highest BCUT2D eigenvalue weighted by Crippen LogP contribution is 2.21. The van der Waals surface area contributed by atoms with E-state index < -0.39 is 0 Å². The van der Waals surface area contributed by atoms with Gasteiger partial charge in [-0.2, -0.15) is 0 Å². The van der Waals surface area contributed by atoms with Gasteiger partial charge < -0.3 is 15.1 Å². The molecule has 26 heavy (non-hydrogen) atoms. The van der Waals surface area contributed by atoms with Crippen LogP contribution in [0.5, 0.6) is 0 Å². The highest BCUT2D eigenvalue weighted by molar-refractivity contribution is 14.0. The number of aliphatic imine (C=N–C) groups is 1. The van der Waals surface area contributed by atoms with Gasteiger partial charge in [0.05, 0.1) is 0 Å². The highest BCUT2D eigenvalue weighted by Gasteiger charge is 2.22. The molecular formula is C20H33IN4O. The van der Waals surface area contributed by atoms with Crippen molar-refractivity contribution in [1.82, 2.24) is 15.1 Å². The third kappa shape index (κ3) is 7.51. The van der Waals surface area contributed by atoms with Crippen LogP contribution in [0.1, 0.15) is 31.7 Å². The lowest BCUT2D eigenvalue weighted by Crippen LogP contribution is -2.46. The van der Waals surface area contributed by atoms with E-state index in [-0.39, 0.29) is 36.4 Å². The number of benzene rings is 1. The Kier molecular flexibility index (Phi) is 10.6. The van der Waals surface area contributed by atoms with E-state index in [1.165, 1.54) is 18.4 Å². The van der Waals surface area contributed by atoms with Crippen molar-refractivity contribution in [1.29, 1.82) is 0 Å². The van der Waals surface area contributed by atoms with Crippen molar-refractivity contribution < 1.29 is 4.79 Å². The second-order valence-electron chi connectivity index (χ2n) is 6.97. The largest absolute Gasteiger partial charge is 0.356 e. The van der Waals surface area contributed by atoms with Gasteiger partial charge in [-0.15, -0.1) is 24.0 Å². The molecule has 0 spiro atoms. The summed E-state index contributed by atoms with van der Waals surface area (Å²) in [5.74, 6) is 1.65. The minimum atomic E-state index is 0. The molecule has 1 fully saturated rings. The number of piperidine rings is 1.